The third-order valence-corrected chi connectivity index (χ3v) is 2.23. The summed E-state index contributed by atoms with van der Waals surface area (Å²) in [5.41, 5.74) is 4.99. The molecular formula is C12H15F2N3OS. The van der Waals surface area contributed by atoms with Gasteiger partial charge in [-0.05, 0) is 30.3 Å². The minimum absolute atomic E-state index is 0.0436. The molecule has 19 heavy (non-hydrogen) atoms. The van der Waals surface area contributed by atoms with Crippen molar-refractivity contribution in [3.05, 3.63) is 29.8 Å². The summed E-state index contributed by atoms with van der Waals surface area (Å²) in [6.45, 7) is 3.82. The van der Waals surface area contributed by atoms with Gasteiger partial charge in [0.15, 0.2) is 5.11 Å². The molecule has 0 saturated carbocycles. The van der Waals surface area contributed by atoms with Gasteiger partial charge in [0.05, 0.1) is 0 Å². The first-order valence-electron chi connectivity index (χ1n) is 5.68. The van der Waals surface area contributed by atoms with Gasteiger partial charge in [-0.1, -0.05) is 13.8 Å². The van der Waals surface area contributed by atoms with Crippen LogP contribution in [0.2, 0.25) is 0 Å². The van der Waals surface area contributed by atoms with Crippen LogP contribution in [0.4, 0.5) is 14.5 Å². The van der Waals surface area contributed by atoms with E-state index in [2.05, 4.69) is 16.2 Å². The number of hydrogen-bond acceptors (Lipinski definition) is 2. The monoisotopic (exact) mass is 287 g/mol. The van der Waals surface area contributed by atoms with Gasteiger partial charge in [-0.3, -0.25) is 15.6 Å². The number of anilines is 1. The summed E-state index contributed by atoms with van der Waals surface area (Å²) < 4.78 is 25.8. The van der Waals surface area contributed by atoms with E-state index in [9.17, 15) is 13.6 Å². The van der Waals surface area contributed by atoms with Gasteiger partial charge in [-0.2, -0.15) is 0 Å². The molecular weight excluding hydrogens is 272 g/mol. The molecule has 0 atom stereocenters. The third kappa shape index (κ3) is 6.10. The van der Waals surface area contributed by atoms with Crippen molar-refractivity contribution in [2.75, 3.05) is 5.32 Å². The maximum Gasteiger partial charge on any atom is 0.238 e. The zero-order valence-corrected chi connectivity index (χ0v) is 11.4. The van der Waals surface area contributed by atoms with Crippen LogP contribution in [0.1, 0.15) is 20.3 Å². The van der Waals surface area contributed by atoms with Gasteiger partial charge in [0.2, 0.25) is 5.91 Å². The second kappa shape index (κ2) is 6.98. The van der Waals surface area contributed by atoms with Crippen molar-refractivity contribution >= 4 is 28.9 Å². The fraction of sp³-hybridized carbons (Fsp3) is 0.333. The summed E-state index contributed by atoms with van der Waals surface area (Å²) in [6.07, 6.45) is 0.351. The van der Waals surface area contributed by atoms with Crippen molar-refractivity contribution in [3.8, 4) is 0 Å². The minimum atomic E-state index is -0.714. The van der Waals surface area contributed by atoms with Gasteiger partial charge in [-0.25, -0.2) is 8.78 Å². The van der Waals surface area contributed by atoms with Crippen molar-refractivity contribution in [1.29, 1.82) is 0 Å². The maximum absolute atomic E-state index is 12.9. The SMILES string of the molecule is CC(C)CC(=O)NNC(=S)Nc1cc(F)cc(F)c1. The second-order valence-electron chi connectivity index (χ2n) is 4.38. The van der Waals surface area contributed by atoms with E-state index < -0.39 is 11.6 Å². The molecule has 4 nitrogen and oxygen atoms in total. The Morgan fingerprint density at radius 3 is 2.32 bits per heavy atom. The zero-order valence-electron chi connectivity index (χ0n) is 10.6. The number of carbonyl (C=O) groups excluding carboxylic acids is 1. The molecule has 1 rings (SSSR count). The highest BCUT2D eigenvalue weighted by atomic mass is 32.1. The molecule has 0 heterocycles. The van der Waals surface area contributed by atoms with Gasteiger partial charge < -0.3 is 5.32 Å². The van der Waals surface area contributed by atoms with E-state index in [1.165, 1.54) is 0 Å². The summed E-state index contributed by atoms with van der Waals surface area (Å²) in [4.78, 5) is 11.3. The normalized spacial score (nSPS) is 10.2. The molecule has 1 amide bonds. The standard InChI is InChI=1S/C12H15F2N3OS/c1-7(2)3-11(18)16-17-12(19)15-10-5-8(13)4-9(14)6-10/h4-7H,3H2,1-2H3,(H,16,18)(H2,15,17,19). The van der Waals surface area contributed by atoms with Gasteiger partial charge in [0, 0.05) is 18.2 Å². The number of thiocarbonyl (C=S) groups is 1. The van der Waals surface area contributed by atoms with Crippen LogP contribution < -0.4 is 16.2 Å². The molecule has 0 aliphatic heterocycles. The fourth-order valence-electron chi connectivity index (χ4n) is 1.34. The second-order valence-corrected chi connectivity index (χ2v) is 4.79. The van der Waals surface area contributed by atoms with Gasteiger partial charge >= 0.3 is 0 Å². The molecule has 0 fully saturated rings. The zero-order chi connectivity index (χ0) is 14.4. The molecule has 0 radical (unpaired) electrons. The lowest BCUT2D eigenvalue weighted by Gasteiger charge is -2.12. The Morgan fingerprint density at radius 1 is 1.21 bits per heavy atom. The molecule has 1 aromatic rings. The summed E-state index contributed by atoms with van der Waals surface area (Å²) >= 11 is 4.87. The highest BCUT2D eigenvalue weighted by Gasteiger charge is 2.06. The lowest BCUT2D eigenvalue weighted by molar-refractivity contribution is -0.122. The number of hydrogen-bond donors (Lipinski definition) is 3. The molecule has 0 aliphatic rings. The number of hydrazine groups is 1. The van der Waals surface area contributed by atoms with Gasteiger partial charge in [-0.15, -0.1) is 0 Å². The third-order valence-electron chi connectivity index (χ3n) is 2.03. The Kier molecular flexibility index (Phi) is 5.62. The highest BCUT2D eigenvalue weighted by molar-refractivity contribution is 7.80. The maximum atomic E-state index is 12.9. The first-order valence-corrected chi connectivity index (χ1v) is 6.09. The number of benzene rings is 1. The van der Waals surface area contributed by atoms with Crippen LogP contribution in [0.15, 0.2) is 18.2 Å². The molecule has 1 aromatic carbocycles. The average Bonchev–Trinajstić information content (AvgIpc) is 2.23. The van der Waals surface area contributed by atoms with E-state index in [0.717, 1.165) is 18.2 Å². The summed E-state index contributed by atoms with van der Waals surface area (Å²) in [5.74, 6) is -1.42. The van der Waals surface area contributed by atoms with Crippen LogP contribution in [-0.2, 0) is 4.79 Å². The molecule has 0 bridgehead atoms. The van der Waals surface area contributed by atoms with Crippen LogP contribution in [0.25, 0.3) is 0 Å². The largest absolute Gasteiger partial charge is 0.331 e. The van der Waals surface area contributed by atoms with Crippen LogP contribution in [0.5, 0.6) is 0 Å². The van der Waals surface area contributed by atoms with Gasteiger partial charge in [0.1, 0.15) is 11.6 Å². The average molecular weight is 287 g/mol. The Bertz CT molecular complexity index is 460. The lowest BCUT2D eigenvalue weighted by atomic mass is 10.1. The summed E-state index contributed by atoms with van der Waals surface area (Å²) in [5, 5.41) is 2.60. The van der Waals surface area contributed by atoms with Crippen LogP contribution in [0.3, 0.4) is 0 Å². The summed E-state index contributed by atoms with van der Waals surface area (Å²) in [6, 6.07) is 2.94. The quantitative estimate of drug-likeness (QED) is 0.590. The smallest absolute Gasteiger partial charge is 0.238 e. The number of nitrogens with one attached hydrogen (secondary N) is 3. The fourth-order valence-corrected chi connectivity index (χ4v) is 1.51. The molecule has 0 aromatic heterocycles. The Labute approximate surface area is 115 Å². The Balaban J connectivity index is 2.45. The lowest BCUT2D eigenvalue weighted by Crippen LogP contribution is -2.44. The van der Waals surface area contributed by atoms with Crippen LogP contribution in [0, 0.1) is 17.6 Å². The minimum Gasteiger partial charge on any atom is -0.331 e. The first kappa shape index (κ1) is 15.3. The van der Waals surface area contributed by atoms with Crippen LogP contribution >= 0.6 is 12.2 Å². The van der Waals surface area contributed by atoms with Crippen molar-refractivity contribution in [1.82, 2.24) is 10.9 Å². The topological polar surface area (TPSA) is 53.2 Å². The van der Waals surface area contributed by atoms with E-state index in [4.69, 9.17) is 12.2 Å². The highest BCUT2D eigenvalue weighted by Crippen LogP contribution is 2.12. The Hall–Kier alpha value is -1.76. The van der Waals surface area contributed by atoms with Gasteiger partial charge in [0.25, 0.3) is 0 Å². The van der Waals surface area contributed by atoms with E-state index in [1.807, 2.05) is 13.8 Å². The van der Waals surface area contributed by atoms with Crippen molar-refractivity contribution in [2.24, 2.45) is 5.92 Å². The molecule has 0 spiro atoms. The van der Waals surface area contributed by atoms with E-state index >= 15 is 0 Å². The first-order chi connectivity index (χ1) is 8.86. The van der Waals surface area contributed by atoms with E-state index in [1.54, 1.807) is 0 Å². The van der Waals surface area contributed by atoms with E-state index in [0.29, 0.717) is 6.42 Å². The predicted octanol–water partition coefficient (Wildman–Crippen LogP) is 2.33. The van der Waals surface area contributed by atoms with Crippen LogP contribution in [-0.4, -0.2) is 11.0 Å². The number of rotatable bonds is 3. The molecule has 0 unspecified atom stereocenters. The molecule has 104 valence electrons. The van der Waals surface area contributed by atoms with Crippen molar-refractivity contribution in [3.63, 3.8) is 0 Å². The van der Waals surface area contributed by atoms with Crippen molar-refractivity contribution < 1.29 is 13.6 Å². The molecule has 3 N–H and O–H groups in total. The van der Waals surface area contributed by atoms with Crippen molar-refractivity contribution in [2.45, 2.75) is 20.3 Å². The predicted molar refractivity (Wildman–Crippen MR) is 73.3 cm³/mol. The number of carbonyl (C=O) groups is 1. The summed E-state index contributed by atoms with van der Waals surface area (Å²) in [7, 11) is 0. The molecule has 7 heteroatoms. The Morgan fingerprint density at radius 2 is 1.79 bits per heavy atom. The number of amides is 1. The molecule has 0 aliphatic carbocycles. The number of halogens is 2. The molecule has 0 saturated heterocycles. The van der Waals surface area contributed by atoms with E-state index in [-0.39, 0.29) is 22.6 Å².